The van der Waals surface area contributed by atoms with Gasteiger partial charge in [0.1, 0.15) is 11.9 Å². The van der Waals surface area contributed by atoms with Crippen LogP contribution in [0.5, 0.6) is 0 Å². The van der Waals surface area contributed by atoms with Gasteiger partial charge in [0.25, 0.3) is 5.91 Å². The lowest BCUT2D eigenvalue weighted by molar-refractivity contribution is 0.0900. The minimum Gasteiger partial charge on any atom is -0.468 e. The average Bonchev–Trinajstić information content (AvgIpc) is 3.04. The number of rotatable bonds is 5. The lowest BCUT2D eigenvalue weighted by Gasteiger charge is -2.25. The number of hydrogen-bond donors (Lipinski definition) is 2. The number of carbonyl (C=O) groups excluding carboxylic acids is 1. The number of hydrogen-bond acceptors (Lipinski definition) is 4. The number of furan rings is 2. The lowest BCUT2D eigenvalue weighted by Crippen LogP contribution is -2.53. The zero-order valence-corrected chi connectivity index (χ0v) is 12.4. The van der Waals surface area contributed by atoms with Gasteiger partial charge >= 0.3 is 0 Å². The average molecular weight is 338 g/mol. The zero-order chi connectivity index (χ0) is 14.6. The molecule has 0 saturated heterocycles. The van der Waals surface area contributed by atoms with Crippen molar-refractivity contribution in [1.29, 1.82) is 0 Å². The SMILES string of the molecule is O=C(N[C@@H](NCc1ccco1)C(Cl)(Cl)Cl)c1ccco1. The molecule has 0 unspecified atom stereocenters. The molecule has 0 saturated carbocycles. The summed E-state index contributed by atoms with van der Waals surface area (Å²) in [5.74, 6) is 0.291. The second kappa shape index (κ2) is 6.54. The molecule has 2 N–H and O–H groups in total. The van der Waals surface area contributed by atoms with E-state index in [2.05, 4.69) is 10.6 Å². The van der Waals surface area contributed by atoms with Crippen molar-refractivity contribution in [3.63, 3.8) is 0 Å². The fourth-order valence-corrected chi connectivity index (χ4v) is 1.87. The molecule has 2 aromatic heterocycles. The van der Waals surface area contributed by atoms with Crippen LogP contribution in [0, 0.1) is 0 Å². The van der Waals surface area contributed by atoms with E-state index >= 15 is 0 Å². The Bertz CT molecular complexity index is 535. The first-order valence-corrected chi connectivity index (χ1v) is 6.77. The highest BCUT2D eigenvalue weighted by molar-refractivity contribution is 6.68. The molecule has 0 bridgehead atoms. The molecule has 0 radical (unpaired) electrons. The summed E-state index contributed by atoms with van der Waals surface area (Å²) >= 11 is 17.5. The Labute approximate surface area is 130 Å². The first-order chi connectivity index (χ1) is 9.47. The Hall–Kier alpha value is -1.14. The van der Waals surface area contributed by atoms with Crippen LogP contribution in [-0.2, 0) is 6.54 Å². The van der Waals surface area contributed by atoms with Crippen LogP contribution in [0.15, 0.2) is 45.6 Å². The van der Waals surface area contributed by atoms with Gasteiger partial charge in [-0.2, -0.15) is 0 Å². The molecule has 2 heterocycles. The molecule has 1 amide bonds. The summed E-state index contributed by atoms with van der Waals surface area (Å²) in [4.78, 5) is 11.9. The van der Waals surface area contributed by atoms with Crippen molar-refractivity contribution in [3.8, 4) is 0 Å². The Morgan fingerprint density at radius 3 is 2.45 bits per heavy atom. The highest BCUT2D eigenvalue weighted by Gasteiger charge is 2.34. The van der Waals surface area contributed by atoms with Gasteiger partial charge in [0, 0.05) is 0 Å². The molecule has 5 nitrogen and oxygen atoms in total. The number of carbonyl (C=O) groups is 1. The topological polar surface area (TPSA) is 67.4 Å². The van der Waals surface area contributed by atoms with E-state index in [1.165, 1.54) is 18.6 Å². The second-order valence-corrected chi connectivity index (χ2v) is 6.25. The molecule has 20 heavy (non-hydrogen) atoms. The number of alkyl halides is 3. The quantitative estimate of drug-likeness (QED) is 0.650. The van der Waals surface area contributed by atoms with Crippen LogP contribution in [0.1, 0.15) is 16.3 Å². The fourth-order valence-electron chi connectivity index (χ4n) is 1.47. The second-order valence-electron chi connectivity index (χ2n) is 3.89. The van der Waals surface area contributed by atoms with Crippen molar-refractivity contribution in [2.75, 3.05) is 0 Å². The minimum absolute atomic E-state index is 0.129. The monoisotopic (exact) mass is 336 g/mol. The molecule has 8 heteroatoms. The molecule has 0 aliphatic rings. The van der Waals surface area contributed by atoms with Crippen LogP contribution >= 0.6 is 34.8 Å². The largest absolute Gasteiger partial charge is 0.468 e. The zero-order valence-electron chi connectivity index (χ0n) is 10.1. The summed E-state index contributed by atoms with van der Waals surface area (Å²) in [6.45, 7) is 0.296. The van der Waals surface area contributed by atoms with Crippen LogP contribution in [-0.4, -0.2) is 15.9 Å². The van der Waals surface area contributed by atoms with Gasteiger partial charge in [-0.25, -0.2) is 0 Å². The predicted molar refractivity (Wildman–Crippen MR) is 75.8 cm³/mol. The normalized spacial score (nSPS) is 13.2. The maximum atomic E-state index is 11.9. The Morgan fingerprint density at radius 1 is 1.20 bits per heavy atom. The van der Waals surface area contributed by atoms with E-state index in [9.17, 15) is 4.79 Å². The highest BCUT2D eigenvalue weighted by atomic mass is 35.6. The van der Waals surface area contributed by atoms with Crippen molar-refractivity contribution in [2.24, 2.45) is 0 Å². The number of amides is 1. The standard InChI is InChI=1S/C12H11Cl3N2O3/c13-12(14,15)11(16-7-8-3-1-5-19-8)17-10(18)9-4-2-6-20-9/h1-6,11,16H,7H2,(H,17,18)/t11-/m1/s1. The Morgan fingerprint density at radius 2 is 1.90 bits per heavy atom. The summed E-state index contributed by atoms with van der Waals surface area (Å²) in [5, 5.41) is 5.43. The molecule has 0 aliphatic heterocycles. The third kappa shape index (κ3) is 4.18. The third-order valence-electron chi connectivity index (χ3n) is 2.41. The molecule has 0 aliphatic carbocycles. The van der Waals surface area contributed by atoms with Gasteiger partial charge in [0.05, 0.1) is 19.1 Å². The maximum Gasteiger partial charge on any atom is 0.288 e. The first kappa shape index (κ1) is 15.3. The molecule has 0 spiro atoms. The van der Waals surface area contributed by atoms with Gasteiger partial charge in [-0.05, 0) is 24.3 Å². The molecule has 0 fully saturated rings. The Kier molecular flexibility index (Phi) is 4.99. The van der Waals surface area contributed by atoms with Gasteiger partial charge in [-0.3, -0.25) is 10.1 Å². The van der Waals surface area contributed by atoms with E-state index in [4.69, 9.17) is 43.6 Å². The van der Waals surface area contributed by atoms with E-state index in [-0.39, 0.29) is 5.76 Å². The van der Waals surface area contributed by atoms with E-state index in [1.807, 2.05) is 0 Å². The molecule has 1 atom stereocenters. The van der Waals surface area contributed by atoms with Crippen molar-refractivity contribution < 1.29 is 13.6 Å². The molecule has 108 valence electrons. The molecule has 0 aromatic carbocycles. The van der Waals surface area contributed by atoms with Crippen molar-refractivity contribution >= 4 is 40.7 Å². The van der Waals surface area contributed by atoms with Gasteiger partial charge < -0.3 is 14.2 Å². The first-order valence-electron chi connectivity index (χ1n) is 5.63. The lowest BCUT2D eigenvalue weighted by atomic mass is 10.4. The molecule has 2 aromatic rings. The summed E-state index contributed by atoms with van der Waals surface area (Å²) in [6, 6.07) is 6.60. The van der Waals surface area contributed by atoms with E-state index in [1.54, 1.807) is 18.2 Å². The summed E-state index contributed by atoms with van der Waals surface area (Å²) < 4.78 is 8.40. The van der Waals surface area contributed by atoms with Crippen LogP contribution in [0.25, 0.3) is 0 Å². The number of nitrogens with one attached hydrogen (secondary N) is 2. The fraction of sp³-hybridized carbons (Fsp3) is 0.250. The van der Waals surface area contributed by atoms with Gasteiger partial charge in [-0.1, -0.05) is 34.8 Å². The molecule has 2 rings (SSSR count). The van der Waals surface area contributed by atoms with Gasteiger partial charge in [0.15, 0.2) is 5.76 Å². The van der Waals surface area contributed by atoms with Crippen LogP contribution in [0.3, 0.4) is 0 Å². The van der Waals surface area contributed by atoms with E-state index in [0.717, 1.165) is 0 Å². The van der Waals surface area contributed by atoms with Gasteiger partial charge in [0.2, 0.25) is 3.79 Å². The number of halogens is 3. The Balaban J connectivity index is 1.99. The summed E-state index contributed by atoms with van der Waals surface area (Å²) in [6.07, 6.45) is 2.01. The highest BCUT2D eigenvalue weighted by Crippen LogP contribution is 2.29. The molecular formula is C12H11Cl3N2O3. The van der Waals surface area contributed by atoms with E-state index < -0.39 is 15.9 Å². The van der Waals surface area contributed by atoms with Crippen molar-refractivity contribution in [3.05, 3.63) is 48.3 Å². The summed E-state index contributed by atoms with van der Waals surface area (Å²) in [5.41, 5.74) is 0. The van der Waals surface area contributed by atoms with Crippen molar-refractivity contribution in [2.45, 2.75) is 16.5 Å². The summed E-state index contributed by atoms with van der Waals surface area (Å²) in [7, 11) is 0. The maximum absolute atomic E-state index is 11.9. The van der Waals surface area contributed by atoms with Crippen molar-refractivity contribution in [1.82, 2.24) is 10.6 Å². The molecular weight excluding hydrogens is 327 g/mol. The van der Waals surface area contributed by atoms with Crippen LogP contribution < -0.4 is 10.6 Å². The third-order valence-corrected chi connectivity index (χ3v) is 3.06. The van der Waals surface area contributed by atoms with Gasteiger partial charge in [-0.15, -0.1) is 0 Å². The predicted octanol–water partition coefficient (Wildman–Crippen LogP) is 3.09. The minimum atomic E-state index is -1.73. The van der Waals surface area contributed by atoms with Crippen LogP contribution in [0.2, 0.25) is 0 Å². The smallest absolute Gasteiger partial charge is 0.288 e. The van der Waals surface area contributed by atoms with Crippen LogP contribution in [0.4, 0.5) is 0 Å². The van der Waals surface area contributed by atoms with E-state index in [0.29, 0.717) is 12.3 Å².